The maximum Gasteiger partial charge on any atom is 0.267 e. The number of aromatic nitrogens is 3. The highest BCUT2D eigenvalue weighted by atomic mass is 32.1. The third-order valence-electron chi connectivity index (χ3n) is 3.06. The molecule has 0 radical (unpaired) electrons. The van der Waals surface area contributed by atoms with Crippen LogP contribution in [0.3, 0.4) is 0 Å². The molecule has 1 N–H and O–H groups in total. The molecule has 3 heterocycles. The van der Waals surface area contributed by atoms with Crippen molar-refractivity contribution in [1.29, 1.82) is 0 Å². The first-order valence-electron chi connectivity index (χ1n) is 6.15. The van der Waals surface area contributed by atoms with E-state index in [0.717, 1.165) is 5.69 Å². The monoisotopic (exact) mass is 320 g/mol. The Kier molecular flexibility index (Phi) is 3.34. The van der Waals surface area contributed by atoms with E-state index in [0.29, 0.717) is 25.8 Å². The van der Waals surface area contributed by atoms with E-state index in [1.54, 1.807) is 14.0 Å². The van der Waals surface area contributed by atoms with E-state index in [4.69, 9.17) is 0 Å². The summed E-state index contributed by atoms with van der Waals surface area (Å²) in [5, 5.41) is 5.68. The first kappa shape index (κ1) is 13.9. The summed E-state index contributed by atoms with van der Waals surface area (Å²) in [5.74, 6) is -0.257. The molecule has 1 amide bonds. The lowest BCUT2D eigenvalue weighted by molar-refractivity contribution is 0.103. The zero-order valence-electron chi connectivity index (χ0n) is 11.6. The van der Waals surface area contributed by atoms with Crippen molar-refractivity contribution in [2.24, 2.45) is 7.05 Å². The summed E-state index contributed by atoms with van der Waals surface area (Å²) in [6, 6.07) is 0. The van der Waals surface area contributed by atoms with Crippen LogP contribution < -0.4 is 10.9 Å². The van der Waals surface area contributed by atoms with Crippen LogP contribution >= 0.6 is 22.7 Å². The lowest BCUT2D eigenvalue weighted by atomic mass is 10.2. The van der Waals surface area contributed by atoms with Crippen LogP contribution in [0.25, 0.3) is 10.2 Å². The number of nitrogens with one attached hydrogen (secondary N) is 1. The molecule has 0 unspecified atom stereocenters. The Bertz CT molecular complexity index is 907. The van der Waals surface area contributed by atoms with Crippen molar-refractivity contribution in [1.82, 2.24) is 14.5 Å². The van der Waals surface area contributed by atoms with Crippen molar-refractivity contribution in [3.8, 4) is 0 Å². The molecule has 108 valence electrons. The van der Waals surface area contributed by atoms with E-state index in [1.165, 1.54) is 33.6 Å². The molecule has 0 aliphatic carbocycles. The lowest BCUT2D eigenvalue weighted by Crippen LogP contribution is -2.17. The Hall–Kier alpha value is -2.06. The van der Waals surface area contributed by atoms with Gasteiger partial charge in [-0.2, -0.15) is 0 Å². The van der Waals surface area contributed by atoms with Crippen molar-refractivity contribution in [2.75, 3.05) is 5.32 Å². The predicted molar refractivity (Wildman–Crippen MR) is 84.4 cm³/mol. The fourth-order valence-corrected chi connectivity index (χ4v) is 3.71. The second kappa shape index (κ2) is 5.05. The molecule has 0 aromatic carbocycles. The summed E-state index contributed by atoms with van der Waals surface area (Å²) in [7, 11) is 1.64. The van der Waals surface area contributed by atoms with Gasteiger partial charge in [0.15, 0.2) is 5.13 Å². The zero-order valence-corrected chi connectivity index (χ0v) is 13.3. The number of hydrogen-bond acceptors (Lipinski definition) is 6. The molecule has 3 rings (SSSR count). The lowest BCUT2D eigenvalue weighted by Gasteiger charge is -2.00. The third-order valence-corrected chi connectivity index (χ3v) is 5.13. The summed E-state index contributed by atoms with van der Waals surface area (Å²) in [6.07, 6.45) is 1.46. The number of rotatable bonds is 2. The second-order valence-corrected chi connectivity index (χ2v) is 6.50. The Labute approximate surface area is 128 Å². The SMILES string of the molecule is Cc1csc(NC(=O)c2sc3ncn(C)c(=O)c3c2C)n1. The number of hydrogen-bond donors (Lipinski definition) is 1. The minimum atomic E-state index is -0.257. The van der Waals surface area contributed by atoms with E-state index < -0.39 is 0 Å². The number of amides is 1. The maximum atomic E-state index is 12.3. The van der Waals surface area contributed by atoms with Crippen molar-refractivity contribution < 1.29 is 4.79 Å². The van der Waals surface area contributed by atoms with Gasteiger partial charge in [0.1, 0.15) is 4.83 Å². The number of thiophene rings is 1. The summed E-state index contributed by atoms with van der Waals surface area (Å²) in [5.41, 5.74) is 1.38. The molecule has 0 atom stereocenters. The molecule has 0 saturated carbocycles. The van der Waals surface area contributed by atoms with Crippen LogP contribution in [-0.4, -0.2) is 20.4 Å². The number of thiazole rings is 1. The van der Waals surface area contributed by atoms with Crippen molar-refractivity contribution in [2.45, 2.75) is 13.8 Å². The van der Waals surface area contributed by atoms with Gasteiger partial charge >= 0.3 is 0 Å². The Morgan fingerprint density at radius 2 is 2.14 bits per heavy atom. The Balaban J connectivity index is 2.04. The molecule has 0 aliphatic rings. The van der Waals surface area contributed by atoms with Gasteiger partial charge in [-0.3, -0.25) is 14.9 Å². The molecule has 8 heteroatoms. The van der Waals surface area contributed by atoms with Gasteiger partial charge in [-0.1, -0.05) is 0 Å². The van der Waals surface area contributed by atoms with E-state index in [9.17, 15) is 9.59 Å². The van der Waals surface area contributed by atoms with Gasteiger partial charge in [0.2, 0.25) is 0 Å². The van der Waals surface area contributed by atoms with E-state index in [1.807, 2.05) is 12.3 Å². The van der Waals surface area contributed by atoms with Crippen LogP contribution in [0.15, 0.2) is 16.5 Å². The van der Waals surface area contributed by atoms with Gasteiger partial charge in [0.25, 0.3) is 11.5 Å². The average molecular weight is 320 g/mol. The average Bonchev–Trinajstić information content (AvgIpc) is 2.98. The van der Waals surface area contributed by atoms with Crippen LogP contribution in [0.4, 0.5) is 5.13 Å². The van der Waals surface area contributed by atoms with Crippen LogP contribution in [0, 0.1) is 13.8 Å². The van der Waals surface area contributed by atoms with Crippen molar-refractivity contribution in [3.05, 3.63) is 38.2 Å². The smallest absolute Gasteiger partial charge is 0.267 e. The van der Waals surface area contributed by atoms with Crippen molar-refractivity contribution >= 4 is 43.9 Å². The molecule has 0 aliphatic heterocycles. The normalized spacial score (nSPS) is 11.0. The number of anilines is 1. The second-order valence-electron chi connectivity index (χ2n) is 4.65. The third kappa shape index (κ3) is 2.36. The molecule has 0 spiro atoms. The molecule has 3 aromatic heterocycles. The fourth-order valence-electron chi connectivity index (χ4n) is 1.99. The number of carbonyl (C=O) groups excluding carboxylic acids is 1. The van der Waals surface area contributed by atoms with Gasteiger partial charge in [-0.05, 0) is 19.4 Å². The largest absolute Gasteiger partial charge is 0.302 e. The first-order chi connectivity index (χ1) is 9.97. The predicted octanol–water partition coefficient (Wildman–Crippen LogP) is 2.32. The van der Waals surface area contributed by atoms with Gasteiger partial charge < -0.3 is 4.57 Å². The van der Waals surface area contributed by atoms with Gasteiger partial charge in [0, 0.05) is 12.4 Å². The minimum Gasteiger partial charge on any atom is -0.302 e. The quantitative estimate of drug-likeness (QED) is 0.786. The molecule has 3 aromatic rings. The molecule has 0 saturated heterocycles. The van der Waals surface area contributed by atoms with Crippen LogP contribution in [0.1, 0.15) is 20.9 Å². The summed E-state index contributed by atoms with van der Waals surface area (Å²) in [6.45, 7) is 3.63. The van der Waals surface area contributed by atoms with Gasteiger partial charge in [-0.25, -0.2) is 9.97 Å². The fraction of sp³-hybridized carbons (Fsp3) is 0.231. The van der Waals surface area contributed by atoms with Crippen LogP contribution in [0.5, 0.6) is 0 Å². The van der Waals surface area contributed by atoms with Gasteiger partial charge in [0.05, 0.1) is 22.3 Å². The summed E-state index contributed by atoms with van der Waals surface area (Å²) < 4.78 is 1.41. The number of aryl methyl sites for hydroxylation is 3. The van der Waals surface area contributed by atoms with Crippen LogP contribution in [0.2, 0.25) is 0 Å². The molecule has 21 heavy (non-hydrogen) atoms. The van der Waals surface area contributed by atoms with Crippen LogP contribution in [-0.2, 0) is 7.05 Å². The molecule has 6 nitrogen and oxygen atoms in total. The molecule has 0 bridgehead atoms. The highest BCUT2D eigenvalue weighted by molar-refractivity contribution is 7.21. The van der Waals surface area contributed by atoms with E-state index in [2.05, 4.69) is 15.3 Å². The first-order valence-corrected chi connectivity index (χ1v) is 7.85. The highest BCUT2D eigenvalue weighted by Crippen LogP contribution is 2.27. The van der Waals surface area contributed by atoms with Gasteiger partial charge in [-0.15, -0.1) is 22.7 Å². The number of nitrogens with zero attached hydrogens (tertiary/aromatic N) is 3. The van der Waals surface area contributed by atoms with E-state index in [-0.39, 0.29) is 11.5 Å². The number of fused-ring (bicyclic) bond motifs is 1. The summed E-state index contributed by atoms with van der Waals surface area (Å²) in [4.78, 5) is 34.0. The molecule has 0 fully saturated rings. The minimum absolute atomic E-state index is 0.141. The van der Waals surface area contributed by atoms with Crippen molar-refractivity contribution in [3.63, 3.8) is 0 Å². The Morgan fingerprint density at radius 1 is 1.38 bits per heavy atom. The zero-order chi connectivity index (χ0) is 15.1. The maximum absolute atomic E-state index is 12.3. The highest BCUT2D eigenvalue weighted by Gasteiger charge is 2.19. The standard InChI is InChI=1S/C13H12N4O2S2/c1-6-4-20-13(15-6)16-10(18)9-7(2)8-11(21-9)14-5-17(3)12(8)19/h4-5H,1-3H3,(H,15,16,18). The Morgan fingerprint density at radius 3 is 2.81 bits per heavy atom. The topological polar surface area (TPSA) is 76.9 Å². The molecular weight excluding hydrogens is 308 g/mol. The molecular formula is C13H12N4O2S2. The van der Waals surface area contributed by atoms with E-state index >= 15 is 0 Å². The number of carbonyl (C=O) groups is 1. The summed E-state index contributed by atoms with van der Waals surface area (Å²) >= 11 is 2.59.